The predicted molar refractivity (Wildman–Crippen MR) is 60.4 cm³/mol. The summed E-state index contributed by atoms with van der Waals surface area (Å²) >= 11 is 0. The maximum atomic E-state index is 9.27. The van der Waals surface area contributed by atoms with Crippen LogP contribution in [0.3, 0.4) is 0 Å². The molecular weight excluding hydrogens is 186 g/mol. The zero-order valence-corrected chi connectivity index (χ0v) is 9.79. The minimum absolute atomic E-state index is 0.234. The summed E-state index contributed by atoms with van der Waals surface area (Å²) in [7, 11) is 2.22. The van der Waals surface area contributed by atoms with E-state index in [9.17, 15) is 5.26 Å². The van der Waals surface area contributed by atoms with Gasteiger partial charge in [0.2, 0.25) is 0 Å². The molecule has 0 spiro atoms. The Balaban J connectivity index is 1.94. The van der Waals surface area contributed by atoms with Crippen LogP contribution in [0.5, 0.6) is 0 Å². The van der Waals surface area contributed by atoms with Crippen molar-refractivity contribution in [2.75, 3.05) is 13.6 Å². The van der Waals surface area contributed by atoms with E-state index in [4.69, 9.17) is 0 Å². The molecule has 84 valence electrons. The van der Waals surface area contributed by atoms with Gasteiger partial charge >= 0.3 is 0 Å². The lowest BCUT2D eigenvalue weighted by atomic mass is 9.99. The van der Waals surface area contributed by atoms with E-state index >= 15 is 0 Å². The third-order valence-corrected chi connectivity index (χ3v) is 3.92. The molecule has 2 atom stereocenters. The summed E-state index contributed by atoms with van der Waals surface area (Å²) in [6.07, 6.45) is 5.90. The number of nitriles is 1. The predicted octanol–water partition coefficient (Wildman–Crippen LogP) is 1.50. The number of hydrogen-bond donors (Lipinski definition) is 1. The van der Waals surface area contributed by atoms with Crippen LogP contribution in [0.25, 0.3) is 0 Å². The van der Waals surface area contributed by atoms with Gasteiger partial charge in [0.15, 0.2) is 0 Å². The number of nitrogens with one attached hydrogen (secondary N) is 1. The van der Waals surface area contributed by atoms with Gasteiger partial charge in [-0.2, -0.15) is 5.26 Å². The van der Waals surface area contributed by atoms with Gasteiger partial charge in [-0.05, 0) is 45.7 Å². The van der Waals surface area contributed by atoms with Gasteiger partial charge in [0.05, 0.1) is 6.07 Å². The van der Waals surface area contributed by atoms with Crippen molar-refractivity contribution >= 4 is 0 Å². The number of hydrogen-bond acceptors (Lipinski definition) is 3. The van der Waals surface area contributed by atoms with E-state index in [0.29, 0.717) is 6.04 Å². The SMILES string of the molecule is CCNC1(C#N)CCC(N(C)C2CC2)C1. The molecule has 2 fully saturated rings. The van der Waals surface area contributed by atoms with Gasteiger partial charge < -0.3 is 4.90 Å². The van der Waals surface area contributed by atoms with E-state index in [2.05, 4.69) is 30.3 Å². The van der Waals surface area contributed by atoms with E-state index in [1.54, 1.807) is 0 Å². The molecule has 15 heavy (non-hydrogen) atoms. The Morgan fingerprint density at radius 3 is 2.67 bits per heavy atom. The van der Waals surface area contributed by atoms with Gasteiger partial charge in [-0.3, -0.25) is 5.32 Å². The Morgan fingerprint density at radius 2 is 2.13 bits per heavy atom. The van der Waals surface area contributed by atoms with Crippen molar-refractivity contribution in [2.24, 2.45) is 0 Å². The maximum Gasteiger partial charge on any atom is 0.108 e. The van der Waals surface area contributed by atoms with Crippen LogP contribution < -0.4 is 5.32 Å². The summed E-state index contributed by atoms with van der Waals surface area (Å²) in [4.78, 5) is 2.50. The average molecular weight is 207 g/mol. The molecule has 2 saturated carbocycles. The van der Waals surface area contributed by atoms with Crippen molar-refractivity contribution in [2.45, 2.75) is 56.7 Å². The normalized spacial score (nSPS) is 35.7. The largest absolute Gasteiger partial charge is 0.300 e. The molecule has 3 heteroatoms. The van der Waals surface area contributed by atoms with Crippen molar-refractivity contribution < 1.29 is 0 Å². The minimum atomic E-state index is -0.234. The molecule has 2 aliphatic rings. The molecule has 0 heterocycles. The van der Waals surface area contributed by atoms with Crippen LogP contribution in [0, 0.1) is 11.3 Å². The molecule has 0 bridgehead atoms. The van der Waals surface area contributed by atoms with Crippen LogP contribution in [-0.2, 0) is 0 Å². The van der Waals surface area contributed by atoms with Crippen molar-refractivity contribution in [1.29, 1.82) is 5.26 Å². The third-order valence-electron chi connectivity index (χ3n) is 3.92. The molecule has 0 saturated heterocycles. The van der Waals surface area contributed by atoms with Gasteiger partial charge in [-0.1, -0.05) is 6.92 Å². The van der Waals surface area contributed by atoms with E-state index in [0.717, 1.165) is 25.4 Å². The third kappa shape index (κ3) is 2.16. The first-order chi connectivity index (χ1) is 7.21. The fourth-order valence-electron chi connectivity index (χ4n) is 2.79. The average Bonchev–Trinajstić information content (AvgIpc) is 3.00. The van der Waals surface area contributed by atoms with Gasteiger partial charge in [0, 0.05) is 12.1 Å². The lowest BCUT2D eigenvalue weighted by molar-refractivity contribution is 0.227. The summed E-state index contributed by atoms with van der Waals surface area (Å²) in [5, 5.41) is 12.6. The monoisotopic (exact) mass is 207 g/mol. The highest BCUT2D eigenvalue weighted by Gasteiger charge is 2.43. The molecule has 0 aromatic rings. The summed E-state index contributed by atoms with van der Waals surface area (Å²) in [6.45, 7) is 2.98. The molecule has 0 aromatic carbocycles. The first-order valence-electron chi connectivity index (χ1n) is 6.09. The summed E-state index contributed by atoms with van der Waals surface area (Å²) in [6, 6.07) is 3.92. The number of rotatable bonds is 4. The molecule has 1 N–H and O–H groups in total. The molecule has 2 aliphatic carbocycles. The lowest BCUT2D eigenvalue weighted by Gasteiger charge is -2.26. The van der Waals surface area contributed by atoms with Crippen molar-refractivity contribution in [1.82, 2.24) is 10.2 Å². The van der Waals surface area contributed by atoms with Crippen LogP contribution in [-0.4, -0.2) is 36.1 Å². The van der Waals surface area contributed by atoms with E-state index in [1.165, 1.54) is 19.3 Å². The molecule has 0 amide bonds. The van der Waals surface area contributed by atoms with Gasteiger partial charge in [-0.25, -0.2) is 0 Å². The Kier molecular flexibility index (Phi) is 2.99. The van der Waals surface area contributed by atoms with Gasteiger partial charge in [0.25, 0.3) is 0 Å². The maximum absolute atomic E-state index is 9.27. The quantitative estimate of drug-likeness (QED) is 0.759. The Hall–Kier alpha value is -0.590. The van der Waals surface area contributed by atoms with Crippen molar-refractivity contribution in [3.63, 3.8) is 0 Å². The highest BCUT2D eigenvalue weighted by atomic mass is 15.2. The smallest absolute Gasteiger partial charge is 0.108 e. The zero-order valence-electron chi connectivity index (χ0n) is 9.79. The van der Waals surface area contributed by atoms with Gasteiger partial charge in [0.1, 0.15) is 5.54 Å². The summed E-state index contributed by atoms with van der Waals surface area (Å²) in [5.41, 5.74) is -0.234. The van der Waals surface area contributed by atoms with Gasteiger partial charge in [-0.15, -0.1) is 0 Å². The highest BCUT2D eigenvalue weighted by Crippen LogP contribution is 2.37. The Labute approximate surface area is 92.4 Å². The molecular formula is C12H21N3. The van der Waals surface area contributed by atoms with Crippen molar-refractivity contribution in [3.05, 3.63) is 0 Å². The lowest BCUT2D eigenvalue weighted by Crippen LogP contribution is -2.43. The summed E-state index contributed by atoms with van der Waals surface area (Å²) in [5.74, 6) is 0. The van der Waals surface area contributed by atoms with Crippen LogP contribution in [0.2, 0.25) is 0 Å². The second kappa shape index (κ2) is 4.11. The minimum Gasteiger partial charge on any atom is -0.300 e. The second-order valence-corrected chi connectivity index (χ2v) is 5.02. The van der Waals surface area contributed by atoms with E-state index in [1.807, 2.05) is 0 Å². The fraction of sp³-hybridized carbons (Fsp3) is 0.917. The molecule has 0 aliphatic heterocycles. The van der Waals surface area contributed by atoms with Crippen LogP contribution >= 0.6 is 0 Å². The zero-order chi connectivity index (χ0) is 10.9. The Morgan fingerprint density at radius 1 is 1.40 bits per heavy atom. The van der Waals surface area contributed by atoms with E-state index in [-0.39, 0.29) is 5.54 Å². The Bertz CT molecular complexity index is 267. The van der Waals surface area contributed by atoms with Crippen LogP contribution in [0.4, 0.5) is 0 Å². The standard InChI is InChI=1S/C12H21N3/c1-3-14-12(9-13)7-6-11(8-12)15(2)10-4-5-10/h10-11,14H,3-8H2,1-2H3. The number of nitrogens with zero attached hydrogens (tertiary/aromatic N) is 2. The fourth-order valence-corrected chi connectivity index (χ4v) is 2.79. The second-order valence-electron chi connectivity index (χ2n) is 5.02. The highest BCUT2D eigenvalue weighted by molar-refractivity contribution is 5.13. The van der Waals surface area contributed by atoms with Crippen molar-refractivity contribution in [3.8, 4) is 6.07 Å². The molecule has 0 radical (unpaired) electrons. The molecule has 2 unspecified atom stereocenters. The first-order valence-corrected chi connectivity index (χ1v) is 6.09. The molecule has 0 aromatic heterocycles. The molecule has 3 nitrogen and oxygen atoms in total. The van der Waals surface area contributed by atoms with Crippen LogP contribution in [0.15, 0.2) is 0 Å². The molecule has 2 rings (SSSR count). The van der Waals surface area contributed by atoms with E-state index < -0.39 is 0 Å². The summed E-state index contributed by atoms with van der Waals surface area (Å²) < 4.78 is 0. The van der Waals surface area contributed by atoms with Crippen LogP contribution in [0.1, 0.15) is 39.0 Å². The topological polar surface area (TPSA) is 39.1 Å². The first kappa shape index (κ1) is 10.9.